The van der Waals surface area contributed by atoms with Crippen LogP contribution in [0.1, 0.15) is 28.2 Å². The molecule has 0 radical (unpaired) electrons. The number of pyridine rings is 1. The van der Waals surface area contributed by atoms with Crippen molar-refractivity contribution in [3.8, 4) is 11.3 Å². The average Bonchev–Trinajstić information content (AvgIpc) is 3.45. The average molecular weight is 420 g/mol. The van der Waals surface area contributed by atoms with E-state index in [-0.39, 0.29) is 12.2 Å². The molecule has 5 rings (SSSR count). The van der Waals surface area contributed by atoms with Crippen LogP contribution in [0.15, 0.2) is 36.9 Å². The highest BCUT2D eigenvalue weighted by Crippen LogP contribution is 2.23. The minimum Gasteiger partial charge on any atom is -0.336 e. The van der Waals surface area contributed by atoms with E-state index < -0.39 is 6.17 Å². The van der Waals surface area contributed by atoms with E-state index in [0.29, 0.717) is 48.1 Å². The molecule has 1 aliphatic rings. The van der Waals surface area contributed by atoms with Gasteiger partial charge >= 0.3 is 0 Å². The SMILES string of the molecule is Cc1cncc(-c2cnn(C)c2C(=O)Cc2ccn3nc(N4CC[C@H](F)C4)nc3c2)n1. The number of fused-ring (bicyclic) bond motifs is 1. The van der Waals surface area contributed by atoms with Crippen molar-refractivity contribution in [2.45, 2.75) is 25.9 Å². The van der Waals surface area contributed by atoms with Crippen LogP contribution in [0.4, 0.5) is 10.3 Å². The molecule has 0 saturated carbocycles. The topological polar surface area (TPSA) is 94.1 Å². The molecule has 0 spiro atoms. The minimum absolute atomic E-state index is 0.0813. The fourth-order valence-corrected chi connectivity index (χ4v) is 3.87. The molecule has 0 N–H and O–H groups in total. The second-order valence-electron chi connectivity index (χ2n) is 7.76. The first-order valence-electron chi connectivity index (χ1n) is 10.1. The molecular weight excluding hydrogens is 399 g/mol. The van der Waals surface area contributed by atoms with Gasteiger partial charge in [-0.3, -0.25) is 14.5 Å². The van der Waals surface area contributed by atoms with Crippen molar-refractivity contribution in [2.24, 2.45) is 7.05 Å². The van der Waals surface area contributed by atoms with Gasteiger partial charge in [0.25, 0.3) is 0 Å². The van der Waals surface area contributed by atoms with Crippen LogP contribution in [0.25, 0.3) is 16.9 Å². The summed E-state index contributed by atoms with van der Waals surface area (Å²) in [6, 6.07) is 3.67. The maximum atomic E-state index is 13.5. The summed E-state index contributed by atoms with van der Waals surface area (Å²) in [6.45, 7) is 2.77. The highest BCUT2D eigenvalue weighted by atomic mass is 19.1. The number of nitrogens with zero attached hydrogens (tertiary/aromatic N) is 8. The number of aromatic nitrogens is 7. The Bertz CT molecular complexity index is 1280. The fourth-order valence-electron chi connectivity index (χ4n) is 3.87. The Labute approximate surface area is 177 Å². The van der Waals surface area contributed by atoms with Crippen molar-refractivity contribution in [1.29, 1.82) is 0 Å². The number of Topliss-reactive ketones (excluding diaryl/α,β-unsaturated/α-hetero) is 1. The Morgan fingerprint density at radius 2 is 2.13 bits per heavy atom. The normalized spacial score (nSPS) is 16.4. The Balaban J connectivity index is 1.41. The molecule has 9 nitrogen and oxygen atoms in total. The Kier molecular flexibility index (Phi) is 4.68. The van der Waals surface area contributed by atoms with E-state index in [4.69, 9.17) is 0 Å². The molecule has 10 heteroatoms. The molecule has 0 unspecified atom stereocenters. The summed E-state index contributed by atoms with van der Waals surface area (Å²) < 4.78 is 16.7. The molecule has 4 aromatic rings. The quantitative estimate of drug-likeness (QED) is 0.457. The van der Waals surface area contributed by atoms with Crippen LogP contribution in [-0.2, 0) is 13.5 Å². The number of aryl methyl sites for hydroxylation is 2. The third-order valence-corrected chi connectivity index (χ3v) is 5.40. The Morgan fingerprint density at radius 1 is 1.26 bits per heavy atom. The Hall–Kier alpha value is -3.69. The van der Waals surface area contributed by atoms with Gasteiger partial charge in [0.05, 0.1) is 35.9 Å². The zero-order chi connectivity index (χ0) is 21.5. The number of hydrogen-bond acceptors (Lipinski definition) is 7. The zero-order valence-electron chi connectivity index (χ0n) is 17.2. The highest BCUT2D eigenvalue weighted by Gasteiger charge is 2.25. The minimum atomic E-state index is -0.842. The van der Waals surface area contributed by atoms with Gasteiger partial charge in [0.2, 0.25) is 5.95 Å². The number of rotatable bonds is 5. The highest BCUT2D eigenvalue weighted by molar-refractivity contribution is 6.01. The summed E-state index contributed by atoms with van der Waals surface area (Å²) in [5.74, 6) is 0.428. The third-order valence-electron chi connectivity index (χ3n) is 5.40. The van der Waals surface area contributed by atoms with E-state index in [1.165, 1.54) is 0 Å². The molecule has 1 saturated heterocycles. The molecule has 0 aliphatic carbocycles. The molecule has 1 aliphatic heterocycles. The van der Waals surface area contributed by atoms with Gasteiger partial charge in [-0.25, -0.2) is 13.9 Å². The number of carbonyl (C=O) groups excluding carboxylic acids is 1. The van der Waals surface area contributed by atoms with Gasteiger partial charge in [0.1, 0.15) is 11.9 Å². The van der Waals surface area contributed by atoms with Gasteiger partial charge in [0, 0.05) is 32.4 Å². The van der Waals surface area contributed by atoms with Gasteiger partial charge in [-0.05, 0) is 31.0 Å². The first kappa shape index (κ1) is 19.3. The maximum absolute atomic E-state index is 13.5. The standard InChI is InChI=1S/C21H21FN8O/c1-13-9-23-11-17(25-13)16-10-24-28(2)20(16)18(31)7-14-3-6-30-19(8-14)26-21(27-30)29-5-4-15(22)12-29/h3,6,8-11,15H,4-5,7,12H2,1-2H3/t15-/m0/s1. The molecule has 0 bridgehead atoms. The fraction of sp³-hybridized carbons (Fsp3) is 0.333. The molecule has 0 aromatic carbocycles. The molecule has 1 fully saturated rings. The summed E-state index contributed by atoms with van der Waals surface area (Å²) in [4.78, 5) is 28.2. The maximum Gasteiger partial charge on any atom is 0.245 e. The predicted octanol–water partition coefficient (Wildman–Crippen LogP) is 2.20. The van der Waals surface area contributed by atoms with Crippen molar-refractivity contribution < 1.29 is 9.18 Å². The van der Waals surface area contributed by atoms with Crippen LogP contribution in [0.5, 0.6) is 0 Å². The second kappa shape index (κ2) is 7.53. The van der Waals surface area contributed by atoms with Gasteiger partial charge in [-0.2, -0.15) is 10.1 Å². The lowest BCUT2D eigenvalue weighted by atomic mass is 10.0. The van der Waals surface area contributed by atoms with Gasteiger partial charge in [0.15, 0.2) is 11.4 Å². The van der Waals surface area contributed by atoms with Crippen molar-refractivity contribution >= 4 is 17.4 Å². The first-order chi connectivity index (χ1) is 15.0. The third kappa shape index (κ3) is 3.65. The van der Waals surface area contributed by atoms with Crippen molar-refractivity contribution in [1.82, 2.24) is 34.3 Å². The second-order valence-corrected chi connectivity index (χ2v) is 7.76. The molecule has 31 heavy (non-hydrogen) atoms. The van der Waals surface area contributed by atoms with Gasteiger partial charge in [-0.15, -0.1) is 5.10 Å². The molecule has 158 valence electrons. The summed E-state index contributed by atoms with van der Waals surface area (Å²) in [7, 11) is 1.74. The number of anilines is 1. The summed E-state index contributed by atoms with van der Waals surface area (Å²) >= 11 is 0. The molecule has 0 amide bonds. The van der Waals surface area contributed by atoms with Gasteiger partial charge in [-0.1, -0.05) is 0 Å². The van der Waals surface area contributed by atoms with E-state index in [1.54, 1.807) is 41.0 Å². The van der Waals surface area contributed by atoms with E-state index >= 15 is 0 Å². The Morgan fingerprint density at radius 3 is 2.90 bits per heavy atom. The number of alkyl halides is 1. The van der Waals surface area contributed by atoms with E-state index in [1.807, 2.05) is 24.0 Å². The summed E-state index contributed by atoms with van der Waals surface area (Å²) in [5, 5.41) is 8.68. The van der Waals surface area contributed by atoms with Gasteiger partial charge < -0.3 is 4.90 Å². The monoisotopic (exact) mass is 420 g/mol. The molecule has 4 aromatic heterocycles. The lowest BCUT2D eigenvalue weighted by molar-refractivity contribution is 0.0984. The summed E-state index contributed by atoms with van der Waals surface area (Å²) in [5.41, 5.74) is 3.95. The predicted molar refractivity (Wildman–Crippen MR) is 112 cm³/mol. The first-order valence-corrected chi connectivity index (χ1v) is 10.1. The molecule has 5 heterocycles. The number of ketones is 1. The molecular formula is C21H21FN8O. The number of hydrogen-bond donors (Lipinski definition) is 0. The largest absolute Gasteiger partial charge is 0.336 e. The van der Waals surface area contributed by atoms with Crippen molar-refractivity contribution in [2.75, 3.05) is 18.0 Å². The van der Waals surface area contributed by atoms with Crippen LogP contribution >= 0.6 is 0 Å². The van der Waals surface area contributed by atoms with E-state index in [9.17, 15) is 9.18 Å². The van der Waals surface area contributed by atoms with Crippen LogP contribution in [0.3, 0.4) is 0 Å². The number of carbonyl (C=O) groups is 1. The zero-order valence-corrected chi connectivity index (χ0v) is 17.2. The molecule has 1 atom stereocenters. The van der Waals surface area contributed by atoms with Crippen LogP contribution in [0.2, 0.25) is 0 Å². The van der Waals surface area contributed by atoms with Crippen LogP contribution < -0.4 is 4.90 Å². The van der Waals surface area contributed by atoms with Crippen LogP contribution in [0, 0.1) is 6.92 Å². The van der Waals surface area contributed by atoms with E-state index in [2.05, 4.69) is 25.1 Å². The lowest BCUT2D eigenvalue weighted by Crippen LogP contribution is -2.21. The lowest BCUT2D eigenvalue weighted by Gasteiger charge is -2.10. The van der Waals surface area contributed by atoms with Crippen molar-refractivity contribution in [3.63, 3.8) is 0 Å². The van der Waals surface area contributed by atoms with E-state index in [0.717, 1.165) is 11.3 Å². The summed E-state index contributed by atoms with van der Waals surface area (Å²) in [6.07, 6.45) is 6.54. The smallest absolute Gasteiger partial charge is 0.245 e. The van der Waals surface area contributed by atoms with Crippen LogP contribution in [-0.4, -0.2) is 59.4 Å². The number of halogens is 1. The van der Waals surface area contributed by atoms with Crippen molar-refractivity contribution in [3.05, 3.63) is 53.9 Å².